The number of carboxylic acid groups (broad SMARTS) is 1. The molecule has 0 aliphatic rings. The van der Waals surface area contributed by atoms with Crippen LogP contribution in [0, 0.1) is 5.92 Å². The first-order chi connectivity index (χ1) is 10.8. The highest BCUT2D eigenvalue weighted by molar-refractivity contribution is 5.73. The zero-order valence-corrected chi connectivity index (χ0v) is 13.5. The lowest BCUT2D eigenvalue weighted by atomic mass is 10.0. The standard InChI is InChI=1S/C16H23F2NO4/c1-4-22-14-8-11(5-6-13(14)23-16(17)18)9-19-12(15(20)21)7-10(2)3/h5-6,8,10,12,16,19H,4,7,9H2,1-3H3,(H,20,21). The molecule has 0 bridgehead atoms. The minimum absolute atomic E-state index is 0.0393. The van der Waals surface area contributed by atoms with Crippen LogP contribution < -0.4 is 14.8 Å². The van der Waals surface area contributed by atoms with E-state index in [9.17, 15) is 18.7 Å². The van der Waals surface area contributed by atoms with Crippen molar-refractivity contribution in [3.05, 3.63) is 23.8 Å². The molecule has 0 saturated heterocycles. The maximum Gasteiger partial charge on any atom is 0.387 e. The number of halogens is 2. The Kier molecular flexibility index (Phi) is 7.74. The summed E-state index contributed by atoms with van der Waals surface area (Å²) in [5, 5.41) is 12.1. The Balaban J connectivity index is 2.79. The molecule has 0 aliphatic carbocycles. The molecule has 0 aromatic heterocycles. The van der Waals surface area contributed by atoms with Gasteiger partial charge >= 0.3 is 12.6 Å². The first-order valence-corrected chi connectivity index (χ1v) is 7.50. The van der Waals surface area contributed by atoms with E-state index in [1.54, 1.807) is 19.1 Å². The number of aliphatic carboxylic acids is 1. The number of alkyl halides is 2. The summed E-state index contributed by atoms with van der Waals surface area (Å²) in [4.78, 5) is 11.2. The van der Waals surface area contributed by atoms with E-state index in [0.29, 0.717) is 19.6 Å². The van der Waals surface area contributed by atoms with Gasteiger partial charge < -0.3 is 19.9 Å². The topological polar surface area (TPSA) is 67.8 Å². The fourth-order valence-electron chi connectivity index (χ4n) is 2.11. The molecule has 23 heavy (non-hydrogen) atoms. The molecule has 0 amide bonds. The highest BCUT2D eigenvalue weighted by atomic mass is 19.3. The zero-order chi connectivity index (χ0) is 17.4. The van der Waals surface area contributed by atoms with Crippen LogP contribution >= 0.6 is 0 Å². The Hall–Kier alpha value is -1.89. The molecule has 1 atom stereocenters. The second kappa shape index (κ2) is 9.29. The number of rotatable bonds is 10. The van der Waals surface area contributed by atoms with Gasteiger partial charge in [0.1, 0.15) is 6.04 Å². The van der Waals surface area contributed by atoms with Crippen LogP contribution in [0.15, 0.2) is 18.2 Å². The first kappa shape index (κ1) is 19.2. The van der Waals surface area contributed by atoms with Gasteiger partial charge in [-0.25, -0.2) is 0 Å². The van der Waals surface area contributed by atoms with Crippen LogP contribution in [0.4, 0.5) is 8.78 Å². The van der Waals surface area contributed by atoms with E-state index in [1.807, 2.05) is 13.8 Å². The maximum absolute atomic E-state index is 12.4. The van der Waals surface area contributed by atoms with E-state index >= 15 is 0 Å². The molecule has 7 heteroatoms. The molecule has 130 valence electrons. The van der Waals surface area contributed by atoms with Gasteiger partial charge in [0.15, 0.2) is 11.5 Å². The third-order valence-corrected chi connectivity index (χ3v) is 3.08. The van der Waals surface area contributed by atoms with E-state index in [4.69, 9.17) is 4.74 Å². The number of benzene rings is 1. The highest BCUT2D eigenvalue weighted by Crippen LogP contribution is 2.30. The van der Waals surface area contributed by atoms with E-state index in [2.05, 4.69) is 10.1 Å². The van der Waals surface area contributed by atoms with Crippen molar-refractivity contribution >= 4 is 5.97 Å². The van der Waals surface area contributed by atoms with Gasteiger partial charge in [-0.15, -0.1) is 0 Å². The van der Waals surface area contributed by atoms with Crippen molar-refractivity contribution in [2.24, 2.45) is 5.92 Å². The molecule has 0 spiro atoms. The number of ether oxygens (including phenoxy) is 2. The van der Waals surface area contributed by atoms with Crippen molar-refractivity contribution in [2.75, 3.05) is 6.61 Å². The number of hydrogen-bond acceptors (Lipinski definition) is 4. The molecule has 1 aromatic carbocycles. The van der Waals surface area contributed by atoms with Crippen molar-refractivity contribution < 1.29 is 28.2 Å². The van der Waals surface area contributed by atoms with Crippen LogP contribution in [-0.2, 0) is 11.3 Å². The molecule has 0 aliphatic heterocycles. The van der Waals surface area contributed by atoms with Crippen LogP contribution in [-0.4, -0.2) is 30.3 Å². The minimum Gasteiger partial charge on any atom is -0.490 e. The predicted octanol–water partition coefficient (Wildman–Crippen LogP) is 3.28. The molecule has 1 unspecified atom stereocenters. The second-order valence-corrected chi connectivity index (χ2v) is 5.49. The summed E-state index contributed by atoms with van der Waals surface area (Å²) in [6.07, 6.45) is 0.500. The van der Waals surface area contributed by atoms with Gasteiger partial charge in [0.25, 0.3) is 0 Å². The lowest BCUT2D eigenvalue weighted by Crippen LogP contribution is -2.37. The van der Waals surface area contributed by atoms with Gasteiger partial charge in [-0.05, 0) is 37.0 Å². The summed E-state index contributed by atoms with van der Waals surface area (Å²) in [7, 11) is 0. The average Bonchev–Trinajstić information content (AvgIpc) is 2.45. The third-order valence-electron chi connectivity index (χ3n) is 3.08. The van der Waals surface area contributed by atoms with Gasteiger partial charge in [0.2, 0.25) is 0 Å². The van der Waals surface area contributed by atoms with E-state index in [1.165, 1.54) is 6.07 Å². The van der Waals surface area contributed by atoms with Gasteiger partial charge in [-0.2, -0.15) is 8.78 Å². The fourth-order valence-corrected chi connectivity index (χ4v) is 2.11. The van der Waals surface area contributed by atoms with E-state index in [-0.39, 0.29) is 17.4 Å². The summed E-state index contributed by atoms with van der Waals surface area (Å²) in [5.41, 5.74) is 0.727. The van der Waals surface area contributed by atoms with Gasteiger partial charge in [0, 0.05) is 6.54 Å². The van der Waals surface area contributed by atoms with Gasteiger partial charge in [-0.1, -0.05) is 19.9 Å². The van der Waals surface area contributed by atoms with Crippen molar-refractivity contribution in [3.8, 4) is 11.5 Å². The lowest BCUT2D eigenvalue weighted by Gasteiger charge is -2.17. The Morgan fingerprint density at radius 3 is 2.52 bits per heavy atom. The van der Waals surface area contributed by atoms with Crippen molar-refractivity contribution in [1.82, 2.24) is 5.32 Å². The molecule has 0 saturated carbocycles. The summed E-state index contributed by atoms with van der Waals surface area (Å²) < 4.78 is 34.4. The highest BCUT2D eigenvalue weighted by Gasteiger charge is 2.18. The molecule has 0 fully saturated rings. The first-order valence-electron chi connectivity index (χ1n) is 7.50. The van der Waals surface area contributed by atoms with Crippen LogP contribution in [0.3, 0.4) is 0 Å². The van der Waals surface area contributed by atoms with E-state index < -0.39 is 18.6 Å². The van der Waals surface area contributed by atoms with E-state index in [0.717, 1.165) is 5.56 Å². The number of hydrogen-bond donors (Lipinski definition) is 2. The van der Waals surface area contributed by atoms with Crippen molar-refractivity contribution in [2.45, 2.75) is 46.4 Å². The fraction of sp³-hybridized carbons (Fsp3) is 0.562. The molecule has 5 nitrogen and oxygen atoms in total. The SMILES string of the molecule is CCOc1cc(CNC(CC(C)C)C(=O)O)ccc1OC(F)F. The molecule has 2 N–H and O–H groups in total. The van der Waals surface area contributed by atoms with Crippen LogP contribution in [0.5, 0.6) is 11.5 Å². The summed E-state index contributed by atoms with van der Waals surface area (Å²) in [5.74, 6) is -0.504. The molecular weight excluding hydrogens is 308 g/mol. The molecule has 1 rings (SSSR count). The van der Waals surface area contributed by atoms with Crippen LogP contribution in [0.1, 0.15) is 32.8 Å². The Labute approximate surface area is 134 Å². The molecular formula is C16H23F2NO4. The quantitative estimate of drug-likeness (QED) is 0.689. The normalized spacial score (nSPS) is 12.5. The van der Waals surface area contributed by atoms with Crippen LogP contribution in [0.2, 0.25) is 0 Å². The minimum atomic E-state index is -2.93. The second-order valence-electron chi connectivity index (χ2n) is 5.49. The predicted molar refractivity (Wildman–Crippen MR) is 82.0 cm³/mol. The third kappa shape index (κ3) is 6.81. The Bertz CT molecular complexity index is 509. The van der Waals surface area contributed by atoms with Crippen molar-refractivity contribution in [1.29, 1.82) is 0 Å². The largest absolute Gasteiger partial charge is 0.490 e. The summed E-state index contributed by atoms with van der Waals surface area (Å²) in [6, 6.07) is 3.90. The number of carbonyl (C=O) groups is 1. The maximum atomic E-state index is 12.4. The smallest absolute Gasteiger partial charge is 0.387 e. The van der Waals surface area contributed by atoms with Gasteiger partial charge in [0.05, 0.1) is 6.61 Å². The summed E-state index contributed by atoms with van der Waals surface area (Å²) >= 11 is 0. The Morgan fingerprint density at radius 2 is 2.00 bits per heavy atom. The summed E-state index contributed by atoms with van der Waals surface area (Å²) in [6.45, 7) is 3.30. The molecule has 0 heterocycles. The zero-order valence-electron chi connectivity index (χ0n) is 13.5. The lowest BCUT2D eigenvalue weighted by molar-refractivity contribution is -0.140. The monoisotopic (exact) mass is 331 g/mol. The van der Waals surface area contributed by atoms with Crippen LogP contribution in [0.25, 0.3) is 0 Å². The van der Waals surface area contributed by atoms with Crippen molar-refractivity contribution in [3.63, 3.8) is 0 Å². The number of nitrogens with one attached hydrogen (secondary N) is 1. The Morgan fingerprint density at radius 1 is 1.30 bits per heavy atom. The average molecular weight is 331 g/mol. The molecule has 0 radical (unpaired) electrons. The molecule has 1 aromatic rings. The number of carboxylic acids is 1. The van der Waals surface area contributed by atoms with Gasteiger partial charge in [-0.3, -0.25) is 4.79 Å².